The van der Waals surface area contributed by atoms with E-state index in [0.29, 0.717) is 23.6 Å². The molecule has 2 amide bonds. The van der Waals surface area contributed by atoms with Gasteiger partial charge in [0.2, 0.25) is 5.91 Å². The minimum absolute atomic E-state index is 0.0766. The van der Waals surface area contributed by atoms with Crippen molar-refractivity contribution in [1.82, 2.24) is 0 Å². The van der Waals surface area contributed by atoms with Crippen LogP contribution in [0.4, 0.5) is 5.69 Å². The van der Waals surface area contributed by atoms with E-state index in [2.05, 4.69) is 5.32 Å². The monoisotopic (exact) mass is 358 g/mol. The van der Waals surface area contributed by atoms with Gasteiger partial charge in [-0.2, -0.15) is 0 Å². The van der Waals surface area contributed by atoms with Gasteiger partial charge < -0.3 is 20.5 Å². The van der Waals surface area contributed by atoms with Gasteiger partial charge in [0, 0.05) is 16.6 Å². The SMILES string of the molecule is COc1ccc(NC(=O)C2Cc3ccccc3S2)cc1OCC(N)=O. The molecule has 0 aromatic heterocycles. The molecule has 0 saturated heterocycles. The molecule has 0 fully saturated rings. The van der Waals surface area contributed by atoms with Crippen LogP contribution in [0.2, 0.25) is 0 Å². The van der Waals surface area contributed by atoms with Gasteiger partial charge in [-0.1, -0.05) is 18.2 Å². The standard InChI is InChI=1S/C18H18N2O4S/c1-23-13-7-6-12(9-14(13)24-10-17(19)21)20-18(22)16-8-11-4-2-3-5-15(11)25-16/h2-7,9,16H,8,10H2,1H3,(H2,19,21)(H,20,22). The predicted octanol–water partition coefficient (Wildman–Crippen LogP) is 2.21. The zero-order valence-electron chi connectivity index (χ0n) is 13.7. The predicted molar refractivity (Wildman–Crippen MR) is 96.1 cm³/mol. The van der Waals surface area contributed by atoms with Crippen molar-refractivity contribution in [2.24, 2.45) is 5.73 Å². The van der Waals surface area contributed by atoms with E-state index >= 15 is 0 Å². The first-order chi connectivity index (χ1) is 12.1. The highest BCUT2D eigenvalue weighted by Gasteiger charge is 2.28. The van der Waals surface area contributed by atoms with Crippen molar-refractivity contribution in [3.8, 4) is 11.5 Å². The van der Waals surface area contributed by atoms with Crippen LogP contribution in [0.15, 0.2) is 47.4 Å². The molecule has 25 heavy (non-hydrogen) atoms. The van der Waals surface area contributed by atoms with Crippen LogP contribution in [0.25, 0.3) is 0 Å². The third kappa shape index (κ3) is 4.06. The van der Waals surface area contributed by atoms with Crippen molar-refractivity contribution < 1.29 is 19.1 Å². The minimum Gasteiger partial charge on any atom is -0.493 e. The molecule has 0 spiro atoms. The molecule has 2 aromatic rings. The van der Waals surface area contributed by atoms with Crippen molar-refractivity contribution in [2.75, 3.05) is 19.0 Å². The van der Waals surface area contributed by atoms with Crippen molar-refractivity contribution in [3.05, 3.63) is 48.0 Å². The van der Waals surface area contributed by atoms with E-state index in [1.54, 1.807) is 30.0 Å². The zero-order chi connectivity index (χ0) is 17.8. The molecule has 7 heteroatoms. The van der Waals surface area contributed by atoms with Crippen LogP contribution in [0.5, 0.6) is 11.5 Å². The third-order valence-corrected chi connectivity index (χ3v) is 5.06. The molecule has 3 rings (SSSR count). The first-order valence-electron chi connectivity index (χ1n) is 7.71. The summed E-state index contributed by atoms with van der Waals surface area (Å²) in [5.41, 5.74) is 6.86. The van der Waals surface area contributed by atoms with Crippen molar-refractivity contribution in [2.45, 2.75) is 16.6 Å². The van der Waals surface area contributed by atoms with Crippen LogP contribution in [-0.4, -0.2) is 30.8 Å². The Bertz CT molecular complexity index is 784. The number of nitrogens with one attached hydrogen (secondary N) is 1. The highest BCUT2D eigenvalue weighted by Crippen LogP contribution is 2.37. The van der Waals surface area contributed by atoms with Gasteiger partial charge in [0.15, 0.2) is 18.1 Å². The van der Waals surface area contributed by atoms with E-state index in [1.807, 2.05) is 24.3 Å². The number of anilines is 1. The number of fused-ring (bicyclic) bond motifs is 1. The number of rotatable bonds is 6. The molecule has 0 bridgehead atoms. The molecular formula is C18H18N2O4S. The lowest BCUT2D eigenvalue weighted by Gasteiger charge is -2.13. The first kappa shape index (κ1) is 17.2. The van der Waals surface area contributed by atoms with Crippen LogP contribution < -0.4 is 20.5 Å². The summed E-state index contributed by atoms with van der Waals surface area (Å²) in [6, 6.07) is 13.0. The summed E-state index contributed by atoms with van der Waals surface area (Å²) in [6.07, 6.45) is 0.702. The summed E-state index contributed by atoms with van der Waals surface area (Å²) in [7, 11) is 1.50. The molecule has 1 atom stereocenters. The second kappa shape index (κ2) is 7.48. The zero-order valence-corrected chi connectivity index (χ0v) is 14.5. The maximum absolute atomic E-state index is 12.5. The fraction of sp³-hybridized carbons (Fsp3) is 0.222. The smallest absolute Gasteiger partial charge is 0.255 e. The molecule has 6 nitrogen and oxygen atoms in total. The first-order valence-corrected chi connectivity index (χ1v) is 8.59. The number of thioether (sulfide) groups is 1. The Kier molecular flexibility index (Phi) is 5.14. The summed E-state index contributed by atoms with van der Waals surface area (Å²) in [5, 5.41) is 2.71. The number of ether oxygens (including phenoxy) is 2. The van der Waals surface area contributed by atoms with Gasteiger partial charge in [0.25, 0.3) is 5.91 Å². The molecule has 0 radical (unpaired) electrons. The second-order valence-electron chi connectivity index (χ2n) is 5.53. The van der Waals surface area contributed by atoms with E-state index < -0.39 is 5.91 Å². The average molecular weight is 358 g/mol. The van der Waals surface area contributed by atoms with E-state index in [9.17, 15) is 9.59 Å². The molecule has 0 saturated carbocycles. The normalized spacial score (nSPS) is 15.3. The lowest BCUT2D eigenvalue weighted by molar-refractivity contribution is -0.120. The maximum Gasteiger partial charge on any atom is 0.255 e. The number of carbonyl (C=O) groups is 2. The largest absolute Gasteiger partial charge is 0.493 e. The Morgan fingerprint density at radius 3 is 2.76 bits per heavy atom. The van der Waals surface area contributed by atoms with Crippen LogP contribution in [0.3, 0.4) is 0 Å². The second-order valence-corrected chi connectivity index (χ2v) is 6.77. The van der Waals surface area contributed by atoms with Gasteiger partial charge in [-0.15, -0.1) is 11.8 Å². The molecule has 130 valence electrons. The molecule has 1 aliphatic rings. The summed E-state index contributed by atoms with van der Waals surface area (Å²) in [5.74, 6) is 0.146. The highest BCUT2D eigenvalue weighted by molar-refractivity contribution is 8.01. The number of methoxy groups -OCH3 is 1. The number of benzene rings is 2. The Balaban J connectivity index is 1.69. The van der Waals surface area contributed by atoms with E-state index in [0.717, 1.165) is 4.90 Å². The van der Waals surface area contributed by atoms with Gasteiger partial charge in [0.05, 0.1) is 12.4 Å². The van der Waals surface area contributed by atoms with Crippen LogP contribution in [0, 0.1) is 0 Å². The van der Waals surface area contributed by atoms with Crippen molar-refractivity contribution in [3.63, 3.8) is 0 Å². The molecule has 1 unspecified atom stereocenters. The van der Waals surface area contributed by atoms with E-state index in [4.69, 9.17) is 15.2 Å². The number of amides is 2. The Labute approximate surface area is 149 Å². The fourth-order valence-corrected chi connectivity index (χ4v) is 3.76. The summed E-state index contributed by atoms with van der Waals surface area (Å²) >= 11 is 1.56. The summed E-state index contributed by atoms with van der Waals surface area (Å²) in [6.45, 7) is -0.262. The number of primary amides is 1. The van der Waals surface area contributed by atoms with Crippen molar-refractivity contribution >= 4 is 29.3 Å². The summed E-state index contributed by atoms with van der Waals surface area (Å²) in [4.78, 5) is 24.6. The number of nitrogens with two attached hydrogens (primary N) is 1. The molecular weight excluding hydrogens is 340 g/mol. The summed E-state index contributed by atoms with van der Waals surface area (Å²) < 4.78 is 10.5. The number of carbonyl (C=O) groups excluding carboxylic acids is 2. The number of hydrogen-bond donors (Lipinski definition) is 2. The Morgan fingerprint density at radius 1 is 1.24 bits per heavy atom. The Morgan fingerprint density at radius 2 is 2.04 bits per heavy atom. The van der Waals surface area contributed by atoms with Gasteiger partial charge >= 0.3 is 0 Å². The highest BCUT2D eigenvalue weighted by atomic mass is 32.2. The minimum atomic E-state index is -0.586. The van der Waals surface area contributed by atoms with Crippen molar-refractivity contribution in [1.29, 1.82) is 0 Å². The van der Waals surface area contributed by atoms with Crippen LogP contribution in [-0.2, 0) is 16.0 Å². The van der Waals surface area contributed by atoms with E-state index in [-0.39, 0.29) is 17.8 Å². The van der Waals surface area contributed by atoms with E-state index in [1.165, 1.54) is 12.7 Å². The molecule has 1 heterocycles. The average Bonchev–Trinajstić information content (AvgIpc) is 3.04. The quantitative estimate of drug-likeness (QED) is 0.826. The lowest BCUT2D eigenvalue weighted by atomic mass is 10.1. The Hall–Kier alpha value is -2.67. The molecule has 0 aliphatic carbocycles. The molecule has 3 N–H and O–H groups in total. The van der Waals surface area contributed by atoms with Gasteiger partial charge in [-0.05, 0) is 30.2 Å². The maximum atomic E-state index is 12.5. The van der Waals surface area contributed by atoms with Crippen LogP contribution in [0.1, 0.15) is 5.56 Å². The van der Waals surface area contributed by atoms with Gasteiger partial charge in [0.1, 0.15) is 0 Å². The van der Waals surface area contributed by atoms with Gasteiger partial charge in [-0.3, -0.25) is 9.59 Å². The van der Waals surface area contributed by atoms with Crippen LogP contribution >= 0.6 is 11.8 Å². The lowest BCUT2D eigenvalue weighted by Crippen LogP contribution is -2.24. The molecule has 1 aliphatic heterocycles. The van der Waals surface area contributed by atoms with Gasteiger partial charge in [-0.25, -0.2) is 0 Å². The fourth-order valence-electron chi connectivity index (χ4n) is 2.57. The third-order valence-electron chi connectivity index (χ3n) is 3.74. The topological polar surface area (TPSA) is 90.7 Å². The molecule has 2 aromatic carbocycles. The number of hydrogen-bond acceptors (Lipinski definition) is 5.